The molecule has 0 saturated carbocycles. The molecule has 216 valence electrons. The van der Waals surface area contributed by atoms with E-state index in [0.29, 0.717) is 16.9 Å². The Morgan fingerprint density at radius 1 is 0.902 bits per heavy atom. The second-order valence-electron chi connectivity index (χ2n) is 10.1. The molecule has 1 fully saturated rings. The molecule has 10 heteroatoms. The summed E-state index contributed by atoms with van der Waals surface area (Å²) in [4.78, 5) is 42.1. The van der Waals surface area contributed by atoms with Crippen molar-refractivity contribution in [1.82, 2.24) is 10.2 Å². The minimum absolute atomic E-state index is 0.00317. The second-order valence-corrected chi connectivity index (χ2v) is 11.0. The van der Waals surface area contributed by atoms with E-state index >= 15 is 0 Å². The Bertz CT molecular complexity index is 1390. The van der Waals surface area contributed by atoms with Crippen LogP contribution in [0.25, 0.3) is 0 Å². The van der Waals surface area contributed by atoms with E-state index in [9.17, 15) is 18.8 Å². The fourth-order valence-corrected chi connectivity index (χ4v) is 5.64. The summed E-state index contributed by atoms with van der Waals surface area (Å²) in [6.45, 7) is 3.99. The number of anilines is 1. The molecule has 2 N–H and O–H groups in total. The van der Waals surface area contributed by atoms with Gasteiger partial charge in [-0.25, -0.2) is 4.39 Å². The molecule has 3 aromatic rings. The van der Waals surface area contributed by atoms with Crippen molar-refractivity contribution in [3.63, 3.8) is 0 Å². The SMILES string of the molecule is COc1cc(NC(=O)C(=O)NC(c2cccc(F)c2)c2cccc(Br)c2)c(C(=O)N2C(C)CCCC2C)cc1OC. The van der Waals surface area contributed by atoms with E-state index < -0.39 is 23.7 Å². The van der Waals surface area contributed by atoms with Crippen molar-refractivity contribution in [3.8, 4) is 11.5 Å². The summed E-state index contributed by atoms with van der Waals surface area (Å²) in [5.74, 6) is -2.12. The van der Waals surface area contributed by atoms with Gasteiger partial charge < -0.3 is 25.0 Å². The fourth-order valence-electron chi connectivity index (χ4n) is 5.23. The zero-order valence-corrected chi connectivity index (χ0v) is 25.0. The molecule has 3 unspecified atom stereocenters. The number of halogens is 2. The third-order valence-corrected chi connectivity index (χ3v) is 7.77. The van der Waals surface area contributed by atoms with Crippen LogP contribution in [0.3, 0.4) is 0 Å². The summed E-state index contributed by atoms with van der Waals surface area (Å²) in [6.07, 6.45) is 2.75. The third-order valence-electron chi connectivity index (χ3n) is 7.28. The number of nitrogens with one attached hydrogen (secondary N) is 2. The lowest BCUT2D eigenvalue weighted by molar-refractivity contribution is -0.136. The zero-order chi connectivity index (χ0) is 29.7. The molecule has 41 heavy (non-hydrogen) atoms. The number of methoxy groups -OCH3 is 2. The molecule has 8 nitrogen and oxygen atoms in total. The largest absolute Gasteiger partial charge is 0.493 e. The molecule has 1 aliphatic rings. The quantitative estimate of drug-likeness (QED) is 0.321. The van der Waals surface area contributed by atoms with Crippen molar-refractivity contribution >= 4 is 39.3 Å². The van der Waals surface area contributed by atoms with Gasteiger partial charge in [-0.1, -0.05) is 40.2 Å². The zero-order valence-electron chi connectivity index (χ0n) is 23.4. The molecule has 3 amide bonds. The minimum Gasteiger partial charge on any atom is -0.493 e. The lowest BCUT2D eigenvalue weighted by Gasteiger charge is -2.39. The maximum atomic E-state index is 14.1. The van der Waals surface area contributed by atoms with Crippen molar-refractivity contribution in [3.05, 3.63) is 87.6 Å². The number of amides is 3. The van der Waals surface area contributed by atoms with Gasteiger partial charge in [-0.15, -0.1) is 0 Å². The number of hydrogen-bond donors (Lipinski definition) is 2. The molecule has 0 radical (unpaired) electrons. The summed E-state index contributed by atoms with van der Waals surface area (Å²) < 4.78 is 25.7. The Hall–Kier alpha value is -3.92. The molecule has 1 heterocycles. The van der Waals surface area contributed by atoms with Crippen molar-refractivity contribution in [2.24, 2.45) is 0 Å². The lowest BCUT2D eigenvalue weighted by Crippen LogP contribution is -2.47. The van der Waals surface area contributed by atoms with Crippen LogP contribution in [-0.4, -0.2) is 48.9 Å². The Morgan fingerprint density at radius 2 is 1.51 bits per heavy atom. The smallest absolute Gasteiger partial charge is 0.313 e. The Morgan fingerprint density at radius 3 is 2.12 bits per heavy atom. The van der Waals surface area contributed by atoms with Gasteiger partial charge in [-0.05, 0) is 74.6 Å². The molecule has 4 rings (SSSR count). The molecule has 0 bridgehead atoms. The Kier molecular flexibility index (Phi) is 9.65. The normalized spacial score (nSPS) is 17.4. The van der Waals surface area contributed by atoms with Crippen molar-refractivity contribution in [2.45, 2.75) is 51.2 Å². The van der Waals surface area contributed by atoms with Crippen LogP contribution in [-0.2, 0) is 9.59 Å². The van der Waals surface area contributed by atoms with Crippen molar-refractivity contribution in [1.29, 1.82) is 0 Å². The Labute approximate surface area is 247 Å². The first-order valence-corrected chi connectivity index (χ1v) is 14.1. The maximum Gasteiger partial charge on any atom is 0.313 e. The number of ether oxygens (including phenoxy) is 2. The van der Waals surface area contributed by atoms with Gasteiger partial charge in [0.1, 0.15) is 5.82 Å². The third kappa shape index (κ3) is 6.87. The molecule has 0 aliphatic carbocycles. The standard InChI is InChI=1S/C31H33BrFN3O5/c1-18-8-5-9-19(2)36(18)31(39)24-16-26(40-3)27(41-4)17-25(24)34-29(37)30(38)35-28(20-10-6-12-22(32)14-20)21-11-7-13-23(33)15-21/h6-7,10-19,28H,5,8-9H2,1-4H3,(H,34,37)(H,35,38). The molecule has 0 aromatic heterocycles. The van der Waals surface area contributed by atoms with Gasteiger partial charge in [-0.3, -0.25) is 14.4 Å². The van der Waals surface area contributed by atoms with Gasteiger partial charge >= 0.3 is 11.8 Å². The molecular formula is C31H33BrFN3O5. The first kappa shape index (κ1) is 30.0. The topological polar surface area (TPSA) is 97.0 Å². The summed E-state index contributed by atoms with van der Waals surface area (Å²) >= 11 is 3.42. The van der Waals surface area contributed by atoms with E-state index in [1.54, 1.807) is 29.2 Å². The average Bonchev–Trinajstić information content (AvgIpc) is 2.95. The molecule has 1 aliphatic heterocycles. The number of carbonyl (C=O) groups excluding carboxylic acids is 3. The predicted molar refractivity (Wildman–Crippen MR) is 158 cm³/mol. The van der Waals surface area contributed by atoms with Crippen LogP contribution in [0.1, 0.15) is 60.6 Å². The molecule has 3 atom stereocenters. The highest BCUT2D eigenvalue weighted by Crippen LogP contribution is 2.36. The number of hydrogen-bond acceptors (Lipinski definition) is 5. The number of rotatable bonds is 7. The van der Waals surface area contributed by atoms with Crippen LogP contribution in [0.5, 0.6) is 11.5 Å². The molecular weight excluding hydrogens is 593 g/mol. The molecule has 0 spiro atoms. The van der Waals surface area contributed by atoms with Gasteiger partial charge in [0.05, 0.1) is 31.5 Å². The van der Waals surface area contributed by atoms with Crippen LogP contribution < -0.4 is 20.1 Å². The summed E-state index contributed by atoms with van der Waals surface area (Å²) in [5, 5.41) is 5.31. The van der Waals surface area contributed by atoms with Gasteiger partial charge in [0, 0.05) is 22.6 Å². The van der Waals surface area contributed by atoms with Crippen molar-refractivity contribution < 1.29 is 28.2 Å². The highest BCUT2D eigenvalue weighted by Gasteiger charge is 2.32. The van der Waals surface area contributed by atoms with E-state index in [4.69, 9.17) is 9.47 Å². The first-order valence-electron chi connectivity index (χ1n) is 13.3. The van der Waals surface area contributed by atoms with Crippen LogP contribution in [0.15, 0.2) is 65.1 Å². The Balaban J connectivity index is 1.66. The lowest BCUT2D eigenvalue weighted by atomic mass is 9.96. The van der Waals surface area contributed by atoms with E-state index in [-0.39, 0.29) is 35.0 Å². The number of nitrogens with zero attached hydrogens (tertiary/aromatic N) is 1. The van der Waals surface area contributed by atoms with E-state index in [1.807, 2.05) is 19.9 Å². The summed E-state index contributed by atoms with van der Waals surface area (Å²) in [5.41, 5.74) is 1.39. The molecule has 1 saturated heterocycles. The van der Waals surface area contributed by atoms with E-state index in [1.165, 1.54) is 44.6 Å². The highest BCUT2D eigenvalue weighted by atomic mass is 79.9. The number of likely N-dealkylation sites (tertiary alicyclic amines) is 1. The first-order chi connectivity index (χ1) is 19.6. The monoisotopic (exact) mass is 625 g/mol. The van der Waals surface area contributed by atoms with Gasteiger partial charge in [0.2, 0.25) is 0 Å². The van der Waals surface area contributed by atoms with Crippen LogP contribution in [0.2, 0.25) is 0 Å². The summed E-state index contributed by atoms with van der Waals surface area (Å²) in [6, 6.07) is 15.1. The van der Waals surface area contributed by atoms with Gasteiger partial charge in [0.25, 0.3) is 5.91 Å². The van der Waals surface area contributed by atoms with Crippen LogP contribution in [0, 0.1) is 5.82 Å². The second kappa shape index (κ2) is 13.2. The fraction of sp³-hybridized carbons (Fsp3) is 0.323. The predicted octanol–water partition coefficient (Wildman–Crippen LogP) is 5.85. The summed E-state index contributed by atoms with van der Waals surface area (Å²) in [7, 11) is 2.90. The van der Waals surface area contributed by atoms with Crippen LogP contribution >= 0.6 is 15.9 Å². The van der Waals surface area contributed by atoms with Gasteiger partial charge in [-0.2, -0.15) is 0 Å². The van der Waals surface area contributed by atoms with E-state index in [0.717, 1.165) is 23.7 Å². The number of benzene rings is 3. The molecule has 3 aromatic carbocycles. The number of piperidine rings is 1. The number of carbonyl (C=O) groups is 3. The van der Waals surface area contributed by atoms with Gasteiger partial charge in [0.15, 0.2) is 11.5 Å². The average molecular weight is 627 g/mol. The van der Waals surface area contributed by atoms with E-state index in [2.05, 4.69) is 26.6 Å². The minimum atomic E-state index is -0.998. The van der Waals surface area contributed by atoms with Crippen molar-refractivity contribution in [2.75, 3.05) is 19.5 Å². The van der Waals surface area contributed by atoms with Crippen LogP contribution in [0.4, 0.5) is 10.1 Å². The maximum absolute atomic E-state index is 14.1. The highest BCUT2D eigenvalue weighted by molar-refractivity contribution is 9.10.